The molecule has 0 saturated carbocycles. The van der Waals surface area contributed by atoms with Crippen LogP contribution in [0.4, 0.5) is 5.69 Å². The van der Waals surface area contributed by atoms with Crippen molar-refractivity contribution < 1.29 is 9.21 Å². The second-order valence-electron chi connectivity index (χ2n) is 5.85. The largest absolute Gasteiger partial charge is 0.469 e. The molecule has 0 unspecified atom stereocenters. The Hall–Kier alpha value is -2.51. The van der Waals surface area contributed by atoms with Crippen molar-refractivity contribution >= 4 is 35.0 Å². The van der Waals surface area contributed by atoms with E-state index in [1.165, 1.54) is 11.8 Å². The van der Waals surface area contributed by atoms with Gasteiger partial charge in [0.15, 0.2) is 11.0 Å². The summed E-state index contributed by atoms with van der Waals surface area (Å²) in [5.41, 5.74) is 1.56. The van der Waals surface area contributed by atoms with Crippen molar-refractivity contribution in [3.63, 3.8) is 0 Å². The molecule has 3 aromatic rings. The summed E-state index contributed by atoms with van der Waals surface area (Å²) in [5, 5.41) is 12.3. The van der Waals surface area contributed by atoms with E-state index in [1.807, 2.05) is 24.5 Å². The van der Waals surface area contributed by atoms with Crippen LogP contribution in [0.1, 0.15) is 12.7 Å². The molecule has 0 spiro atoms. The van der Waals surface area contributed by atoms with Gasteiger partial charge in [0.1, 0.15) is 5.76 Å². The second kappa shape index (κ2) is 8.45. The molecule has 1 amide bonds. The van der Waals surface area contributed by atoms with Gasteiger partial charge in [-0.1, -0.05) is 29.4 Å². The van der Waals surface area contributed by atoms with Gasteiger partial charge in [0.05, 0.1) is 17.1 Å². The van der Waals surface area contributed by atoms with E-state index in [0.29, 0.717) is 28.2 Å². The highest BCUT2D eigenvalue weighted by molar-refractivity contribution is 8.00. The fourth-order valence-electron chi connectivity index (χ4n) is 2.47. The Morgan fingerprint density at radius 2 is 2.11 bits per heavy atom. The summed E-state index contributed by atoms with van der Waals surface area (Å²) in [4.78, 5) is 12.5. The van der Waals surface area contributed by atoms with Crippen molar-refractivity contribution in [2.75, 3.05) is 5.32 Å². The molecule has 2 heterocycles. The average Bonchev–Trinajstić information content (AvgIpc) is 3.23. The van der Waals surface area contributed by atoms with E-state index >= 15 is 0 Å². The van der Waals surface area contributed by atoms with E-state index in [9.17, 15) is 4.79 Å². The lowest BCUT2D eigenvalue weighted by atomic mass is 10.2. The summed E-state index contributed by atoms with van der Waals surface area (Å²) in [6.07, 6.45) is 3.39. The summed E-state index contributed by atoms with van der Waals surface area (Å²) in [6, 6.07) is 8.84. The summed E-state index contributed by atoms with van der Waals surface area (Å²) in [7, 11) is 0. The van der Waals surface area contributed by atoms with Crippen LogP contribution >= 0.6 is 23.4 Å². The van der Waals surface area contributed by atoms with Gasteiger partial charge < -0.3 is 9.73 Å². The predicted octanol–water partition coefficient (Wildman–Crippen LogP) is 4.81. The molecular formula is C19H19ClN4O2S. The smallest absolute Gasteiger partial charge is 0.237 e. The number of hydrogen-bond donors (Lipinski definition) is 1. The number of aryl methyl sites for hydroxylation is 1. The molecule has 1 atom stereocenters. The van der Waals surface area contributed by atoms with Crippen molar-refractivity contribution in [3.05, 3.63) is 60.0 Å². The first-order chi connectivity index (χ1) is 13.0. The van der Waals surface area contributed by atoms with E-state index in [0.717, 1.165) is 11.3 Å². The number of rotatable bonds is 7. The van der Waals surface area contributed by atoms with Gasteiger partial charge in [-0.05, 0) is 44.2 Å². The molecule has 0 radical (unpaired) electrons. The Kier molecular flexibility index (Phi) is 6.03. The Morgan fingerprint density at radius 1 is 1.37 bits per heavy atom. The maximum absolute atomic E-state index is 12.5. The number of furan rings is 1. The molecule has 0 aliphatic heterocycles. The number of hydrogen-bond acceptors (Lipinski definition) is 5. The highest BCUT2D eigenvalue weighted by Gasteiger charge is 2.21. The average molecular weight is 403 g/mol. The maximum Gasteiger partial charge on any atom is 0.237 e. The van der Waals surface area contributed by atoms with Gasteiger partial charge in [-0.15, -0.1) is 16.8 Å². The third-order valence-corrected chi connectivity index (χ3v) is 5.22. The Morgan fingerprint density at radius 3 is 2.74 bits per heavy atom. The first-order valence-corrected chi connectivity index (χ1v) is 9.57. The fraction of sp³-hybridized carbons (Fsp3) is 0.211. The molecule has 1 aromatic carbocycles. The van der Waals surface area contributed by atoms with Crippen molar-refractivity contribution in [1.82, 2.24) is 14.8 Å². The highest BCUT2D eigenvalue weighted by atomic mass is 35.5. The zero-order chi connectivity index (χ0) is 19.4. The van der Waals surface area contributed by atoms with Gasteiger partial charge in [-0.25, -0.2) is 0 Å². The van der Waals surface area contributed by atoms with Crippen molar-refractivity contribution in [2.45, 2.75) is 30.8 Å². The zero-order valence-electron chi connectivity index (χ0n) is 15.0. The lowest BCUT2D eigenvalue weighted by Crippen LogP contribution is -2.22. The summed E-state index contributed by atoms with van der Waals surface area (Å²) in [6.45, 7) is 8.03. The van der Waals surface area contributed by atoms with Crippen LogP contribution in [-0.4, -0.2) is 25.9 Å². The number of anilines is 1. The molecule has 1 N–H and O–H groups in total. The van der Waals surface area contributed by atoms with Crippen LogP contribution in [0.2, 0.25) is 5.02 Å². The number of nitrogens with zero attached hydrogens (tertiary/aromatic N) is 3. The van der Waals surface area contributed by atoms with Crippen LogP contribution < -0.4 is 5.32 Å². The third-order valence-electron chi connectivity index (χ3n) is 3.89. The molecule has 27 heavy (non-hydrogen) atoms. The number of carbonyl (C=O) groups is 1. The highest BCUT2D eigenvalue weighted by Crippen LogP contribution is 2.29. The zero-order valence-corrected chi connectivity index (χ0v) is 16.5. The quantitative estimate of drug-likeness (QED) is 0.453. The van der Waals surface area contributed by atoms with Crippen molar-refractivity contribution in [1.29, 1.82) is 0 Å². The Labute approximate surface area is 166 Å². The Balaban J connectivity index is 1.77. The monoisotopic (exact) mass is 402 g/mol. The van der Waals surface area contributed by atoms with Crippen LogP contribution in [0.3, 0.4) is 0 Å². The minimum Gasteiger partial charge on any atom is -0.469 e. The number of allylic oxidation sites excluding steroid dienone is 1. The lowest BCUT2D eigenvalue weighted by Gasteiger charge is -2.13. The maximum atomic E-state index is 12.5. The summed E-state index contributed by atoms with van der Waals surface area (Å²) >= 11 is 7.21. The normalized spacial score (nSPS) is 12.0. The van der Waals surface area contributed by atoms with Gasteiger partial charge in [0.25, 0.3) is 0 Å². The molecule has 0 fully saturated rings. The molecular weight excluding hydrogens is 384 g/mol. The molecule has 2 aromatic heterocycles. The molecule has 8 heteroatoms. The van der Waals surface area contributed by atoms with Gasteiger partial charge in [0, 0.05) is 17.3 Å². The van der Waals surface area contributed by atoms with Crippen LogP contribution in [0.15, 0.2) is 58.8 Å². The minimum atomic E-state index is -0.369. The van der Waals surface area contributed by atoms with E-state index in [-0.39, 0.29) is 11.2 Å². The van der Waals surface area contributed by atoms with E-state index in [1.54, 1.807) is 36.6 Å². The number of benzene rings is 1. The summed E-state index contributed by atoms with van der Waals surface area (Å²) < 4.78 is 7.29. The fourth-order valence-corrected chi connectivity index (χ4v) is 3.46. The van der Waals surface area contributed by atoms with Crippen LogP contribution in [0.5, 0.6) is 0 Å². The van der Waals surface area contributed by atoms with Gasteiger partial charge in [-0.3, -0.25) is 9.36 Å². The van der Waals surface area contributed by atoms with Crippen LogP contribution in [-0.2, 0) is 11.3 Å². The van der Waals surface area contributed by atoms with E-state index in [4.69, 9.17) is 16.0 Å². The number of carbonyl (C=O) groups excluding carboxylic acids is 1. The predicted molar refractivity (Wildman–Crippen MR) is 108 cm³/mol. The number of nitrogens with one attached hydrogen (secondary N) is 1. The molecule has 0 saturated heterocycles. The number of aromatic nitrogens is 3. The molecule has 0 bridgehead atoms. The first kappa shape index (κ1) is 19.3. The van der Waals surface area contributed by atoms with Crippen LogP contribution in [0.25, 0.3) is 11.4 Å². The van der Waals surface area contributed by atoms with Crippen LogP contribution in [0, 0.1) is 6.92 Å². The second-order valence-corrected chi connectivity index (χ2v) is 7.60. The topological polar surface area (TPSA) is 73.0 Å². The van der Waals surface area contributed by atoms with Crippen molar-refractivity contribution in [3.8, 4) is 11.4 Å². The standard InChI is InChI=1S/C19H19ClN4O2S/c1-4-10-24-17(16-9-11-26-12(16)2)22-23-19(24)27-13(3)18(25)21-15-7-5-14(20)6-8-15/h4-9,11,13H,1,10H2,2-3H3,(H,21,25)/t13-/m1/s1. The Bertz CT molecular complexity index is 949. The van der Waals surface area contributed by atoms with E-state index in [2.05, 4.69) is 22.1 Å². The molecule has 0 aliphatic carbocycles. The van der Waals surface area contributed by atoms with Gasteiger partial charge in [-0.2, -0.15) is 0 Å². The van der Waals surface area contributed by atoms with E-state index < -0.39 is 0 Å². The molecule has 6 nitrogen and oxygen atoms in total. The molecule has 140 valence electrons. The lowest BCUT2D eigenvalue weighted by molar-refractivity contribution is -0.115. The molecule has 3 rings (SSSR count). The van der Waals surface area contributed by atoms with Gasteiger partial charge >= 0.3 is 0 Å². The number of amides is 1. The third kappa shape index (κ3) is 4.43. The summed E-state index contributed by atoms with van der Waals surface area (Å²) in [5.74, 6) is 1.32. The number of halogens is 1. The minimum absolute atomic E-state index is 0.128. The SMILES string of the molecule is C=CCn1c(S[C@H](C)C(=O)Nc2ccc(Cl)cc2)nnc1-c1ccoc1C. The van der Waals surface area contributed by atoms with Gasteiger partial charge in [0.2, 0.25) is 5.91 Å². The van der Waals surface area contributed by atoms with Crippen molar-refractivity contribution in [2.24, 2.45) is 0 Å². The number of thioether (sulfide) groups is 1. The molecule has 0 aliphatic rings. The first-order valence-electron chi connectivity index (χ1n) is 8.31.